The fraction of sp³-hybridized carbons (Fsp3) is 0.647. The van der Waals surface area contributed by atoms with Crippen LogP contribution >= 0.6 is 0 Å². The highest BCUT2D eigenvalue weighted by Gasteiger charge is 2.18. The van der Waals surface area contributed by atoms with E-state index in [0.29, 0.717) is 6.04 Å². The van der Waals surface area contributed by atoms with Gasteiger partial charge in [0.25, 0.3) is 0 Å². The van der Waals surface area contributed by atoms with Crippen LogP contribution in [0.3, 0.4) is 0 Å². The van der Waals surface area contributed by atoms with Gasteiger partial charge in [0.15, 0.2) is 0 Å². The number of nitrogens with one attached hydrogen (secondary N) is 1. The van der Waals surface area contributed by atoms with E-state index < -0.39 is 0 Å². The highest BCUT2D eigenvalue weighted by molar-refractivity contribution is 5.35. The van der Waals surface area contributed by atoms with Gasteiger partial charge in [-0.1, -0.05) is 57.7 Å². The van der Waals surface area contributed by atoms with Crippen LogP contribution in [-0.2, 0) is 0 Å². The second-order valence-corrected chi connectivity index (χ2v) is 5.24. The molecule has 1 N–H and O–H groups in total. The molecule has 0 spiro atoms. The van der Waals surface area contributed by atoms with Crippen LogP contribution in [0.25, 0.3) is 0 Å². The van der Waals surface area contributed by atoms with Crippen molar-refractivity contribution >= 4 is 0 Å². The molecule has 0 aliphatic carbocycles. The zero-order valence-electron chi connectivity index (χ0n) is 12.9. The molecule has 19 heavy (non-hydrogen) atoms. The zero-order valence-corrected chi connectivity index (χ0v) is 12.9. The standard InChI is InChI=1S/C17H29NO/c1-5-7-10-14(6-2)13-16(18-3)15-11-8-9-12-17(15)19-4/h8-9,11-12,14,16,18H,5-7,10,13H2,1-4H3. The number of hydrogen-bond donors (Lipinski definition) is 1. The molecule has 108 valence electrons. The quantitative estimate of drug-likeness (QED) is 0.705. The molecule has 1 aromatic carbocycles. The van der Waals surface area contributed by atoms with Gasteiger partial charge in [-0.2, -0.15) is 0 Å². The number of hydrogen-bond acceptors (Lipinski definition) is 2. The Morgan fingerprint density at radius 2 is 1.95 bits per heavy atom. The molecule has 0 saturated heterocycles. The Kier molecular flexibility index (Phi) is 7.57. The van der Waals surface area contributed by atoms with E-state index in [-0.39, 0.29) is 0 Å². The molecule has 2 nitrogen and oxygen atoms in total. The first-order valence-electron chi connectivity index (χ1n) is 7.56. The first kappa shape index (κ1) is 16.0. The molecule has 0 aromatic heterocycles. The summed E-state index contributed by atoms with van der Waals surface area (Å²) in [6.45, 7) is 4.57. The Bertz CT molecular complexity index is 351. The fourth-order valence-electron chi connectivity index (χ4n) is 2.67. The number of unbranched alkanes of at least 4 members (excludes halogenated alkanes) is 1. The molecule has 2 unspecified atom stereocenters. The van der Waals surface area contributed by atoms with Crippen molar-refractivity contribution < 1.29 is 4.74 Å². The van der Waals surface area contributed by atoms with Gasteiger partial charge in [0, 0.05) is 11.6 Å². The maximum atomic E-state index is 5.48. The molecule has 0 radical (unpaired) electrons. The van der Waals surface area contributed by atoms with E-state index in [9.17, 15) is 0 Å². The van der Waals surface area contributed by atoms with Gasteiger partial charge in [-0.3, -0.25) is 0 Å². The Labute approximate surface area is 118 Å². The van der Waals surface area contributed by atoms with Crippen LogP contribution in [0.4, 0.5) is 0 Å². The summed E-state index contributed by atoms with van der Waals surface area (Å²) >= 11 is 0. The summed E-state index contributed by atoms with van der Waals surface area (Å²) in [4.78, 5) is 0. The minimum absolute atomic E-state index is 0.387. The summed E-state index contributed by atoms with van der Waals surface area (Å²) in [6, 6.07) is 8.73. The molecule has 0 saturated carbocycles. The van der Waals surface area contributed by atoms with Gasteiger partial charge in [-0.15, -0.1) is 0 Å². The molecule has 0 aliphatic heterocycles. The Morgan fingerprint density at radius 3 is 2.53 bits per heavy atom. The number of ether oxygens (including phenoxy) is 1. The number of methoxy groups -OCH3 is 1. The Hall–Kier alpha value is -1.02. The predicted molar refractivity (Wildman–Crippen MR) is 82.7 cm³/mol. The minimum Gasteiger partial charge on any atom is -0.496 e. The lowest BCUT2D eigenvalue weighted by atomic mass is 9.89. The van der Waals surface area contributed by atoms with Crippen molar-refractivity contribution in [2.24, 2.45) is 5.92 Å². The monoisotopic (exact) mass is 263 g/mol. The molecular formula is C17H29NO. The summed E-state index contributed by atoms with van der Waals surface area (Å²) in [7, 11) is 3.80. The van der Waals surface area contributed by atoms with Crippen molar-refractivity contribution in [3.8, 4) is 5.75 Å². The second-order valence-electron chi connectivity index (χ2n) is 5.24. The molecule has 0 fully saturated rings. The molecule has 0 aliphatic rings. The van der Waals surface area contributed by atoms with E-state index >= 15 is 0 Å². The van der Waals surface area contributed by atoms with Crippen molar-refractivity contribution in [2.45, 2.75) is 52.0 Å². The Balaban J connectivity index is 2.75. The van der Waals surface area contributed by atoms with Gasteiger partial charge in [0.2, 0.25) is 0 Å². The fourth-order valence-corrected chi connectivity index (χ4v) is 2.67. The van der Waals surface area contributed by atoms with E-state index in [1.54, 1.807) is 7.11 Å². The highest BCUT2D eigenvalue weighted by Crippen LogP contribution is 2.31. The molecule has 0 amide bonds. The van der Waals surface area contributed by atoms with E-state index in [0.717, 1.165) is 11.7 Å². The van der Waals surface area contributed by atoms with Crippen molar-refractivity contribution in [2.75, 3.05) is 14.2 Å². The summed E-state index contributed by atoms with van der Waals surface area (Å²) in [5.41, 5.74) is 1.28. The second kappa shape index (κ2) is 8.98. The summed E-state index contributed by atoms with van der Waals surface area (Å²) in [5.74, 6) is 1.79. The third-order valence-electron chi connectivity index (χ3n) is 3.98. The average molecular weight is 263 g/mol. The van der Waals surface area contributed by atoms with E-state index in [1.165, 1.54) is 37.7 Å². The summed E-state index contributed by atoms with van der Waals surface area (Å²) < 4.78 is 5.48. The largest absolute Gasteiger partial charge is 0.496 e. The predicted octanol–water partition coefficient (Wildman–Crippen LogP) is 4.56. The smallest absolute Gasteiger partial charge is 0.123 e. The van der Waals surface area contributed by atoms with Gasteiger partial charge in [-0.25, -0.2) is 0 Å². The maximum Gasteiger partial charge on any atom is 0.123 e. The lowest BCUT2D eigenvalue weighted by Crippen LogP contribution is -2.20. The minimum atomic E-state index is 0.387. The van der Waals surface area contributed by atoms with Crippen LogP contribution in [-0.4, -0.2) is 14.2 Å². The van der Waals surface area contributed by atoms with Gasteiger partial charge >= 0.3 is 0 Å². The lowest BCUT2D eigenvalue weighted by molar-refractivity contribution is 0.351. The Morgan fingerprint density at radius 1 is 1.21 bits per heavy atom. The number of benzene rings is 1. The first-order valence-corrected chi connectivity index (χ1v) is 7.56. The molecule has 1 rings (SSSR count). The van der Waals surface area contributed by atoms with Crippen LogP contribution < -0.4 is 10.1 Å². The number of para-hydroxylation sites is 1. The van der Waals surface area contributed by atoms with Crippen molar-refractivity contribution in [3.05, 3.63) is 29.8 Å². The van der Waals surface area contributed by atoms with Gasteiger partial charge in [0.1, 0.15) is 5.75 Å². The molecule has 0 heterocycles. The van der Waals surface area contributed by atoms with Crippen LogP contribution in [0.5, 0.6) is 5.75 Å². The van der Waals surface area contributed by atoms with Gasteiger partial charge in [-0.05, 0) is 25.5 Å². The van der Waals surface area contributed by atoms with Gasteiger partial charge in [0.05, 0.1) is 7.11 Å². The van der Waals surface area contributed by atoms with E-state index in [1.807, 2.05) is 19.2 Å². The van der Waals surface area contributed by atoms with Crippen molar-refractivity contribution in [1.29, 1.82) is 0 Å². The summed E-state index contributed by atoms with van der Waals surface area (Å²) in [5, 5.41) is 3.45. The zero-order chi connectivity index (χ0) is 14.1. The third kappa shape index (κ3) is 4.87. The lowest BCUT2D eigenvalue weighted by Gasteiger charge is -2.24. The average Bonchev–Trinajstić information content (AvgIpc) is 2.47. The van der Waals surface area contributed by atoms with Gasteiger partial charge < -0.3 is 10.1 Å². The third-order valence-corrected chi connectivity index (χ3v) is 3.98. The van der Waals surface area contributed by atoms with Crippen molar-refractivity contribution in [1.82, 2.24) is 5.32 Å². The van der Waals surface area contributed by atoms with Crippen LogP contribution in [0, 0.1) is 5.92 Å². The van der Waals surface area contributed by atoms with Crippen molar-refractivity contribution in [3.63, 3.8) is 0 Å². The van der Waals surface area contributed by atoms with Crippen LogP contribution in [0.15, 0.2) is 24.3 Å². The molecule has 0 bridgehead atoms. The molecule has 1 aromatic rings. The number of rotatable bonds is 9. The maximum absolute atomic E-state index is 5.48. The van der Waals surface area contributed by atoms with Crippen LogP contribution in [0.1, 0.15) is 57.6 Å². The molecule has 2 heteroatoms. The first-order chi connectivity index (χ1) is 9.26. The summed E-state index contributed by atoms with van der Waals surface area (Å²) in [6.07, 6.45) is 6.40. The molecular weight excluding hydrogens is 234 g/mol. The molecule has 2 atom stereocenters. The van der Waals surface area contributed by atoms with E-state index in [2.05, 4.69) is 31.3 Å². The topological polar surface area (TPSA) is 21.3 Å². The van der Waals surface area contributed by atoms with E-state index in [4.69, 9.17) is 4.74 Å². The SMILES string of the molecule is CCCCC(CC)CC(NC)c1ccccc1OC. The highest BCUT2D eigenvalue weighted by atomic mass is 16.5. The normalized spacial score (nSPS) is 14.1. The van der Waals surface area contributed by atoms with Crippen LogP contribution in [0.2, 0.25) is 0 Å².